The Balaban J connectivity index is 1.78. The summed E-state index contributed by atoms with van der Waals surface area (Å²) in [6.45, 7) is 1.30. The van der Waals surface area contributed by atoms with E-state index in [2.05, 4.69) is 46.5 Å². The van der Waals surface area contributed by atoms with Gasteiger partial charge < -0.3 is 24.4 Å². The number of fused-ring (bicyclic) bond motifs is 2. The molecule has 2 atom stereocenters. The van der Waals surface area contributed by atoms with E-state index >= 15 is 0 Å². The minimum atomic E-state index is 0.0966. The first-order chi connectivity index (χ1) is 11.7. The van der Waals surface area contributed by atoms with Crippen LogP contribution in [0.4, 0.5) is 5.69 Å². The largest absolute Gasteiger partial charge is 0.492 e. The van der Waals surface area contributed by atoms with Gasteiger partial charge in [-0.2, -0.15) is 0 Å². The second-order valence-corrected chi connectivity index (χ2v) is 7.06. The number of nitrogens with one attached hydrogen (secondary N) is 2. The zero-order valence-corrected chi connectivity index (χ0v) is 15.3. The number of benzene rings is 2. The Morgan fingerprint density at radius 3 is 2.79 bits per heavy atom. The lowest BCUT2D eigenvalue weighted by atomic mass is 9.94. The molecule has 0 bridgehead atoms. The van der Waals surface area contributed by atoms with E-state index in [1.807, 2.05) is 12.1 Å². The highest BCUT2D eigenvalue weighted by Crippen LogP contribution is 2.47. The topological polar surface area (TPSA) is 44.2 Å². The van der Waals surface area contributed by atoms with Crippen molar-refractivity contribution in [1.82, 2.24) is 0 Å². The summed E-state index contributed by atoms with van der Waals surface area (Å²) in [6.07, 6.45) is 1.09. The fourth-order valence-electron chi connectivity index (χ4n) is 3.43. The minimum Gasteiger partial charge on any atom is -0.492 e. The first kappa shape index (κ1) is 15.6. The predicted molar refractivity (Wildman–Crippen MR) is 95.1 cm³/mol. The monoisotopic (exact) mass is 391 g/mol. The van der Waals surface area contributed by atoms with Crippen LogP contribution >= 0.6 is 15.9 Å². The maximum Gasteiger partial charge on any atom is 0.231 e. The van der Waals surface area contributed by atoms with Crippen molar-refractivity contribution in [3.8, 4) is 17.2 Å². The molecule has 2 aliphatic heterocycles. The van der Waals surface area contributed by atoms with Crippen molar-refractivity contribution in [2.24, 2.45) is 0 Å². The summed E-state index contributed by atoms with van der Waals surface area (Å²) in [5.41, 5.74) is 3.50. The molecule has 2 N–H and O–H groups in total. The first-order valence-electron chi connectivity index (χ1n) is 8.01. The fourth-order valence-corrected chi connectivity index (χ4v) is 3.70. The van der Waals surface area contributed by atoms with E-state index in [1.54, 1.807) is 7.11 Å². The molecule has 2 heterocycles. The molecule has 0 aliphatic carbocycles. The van der Waals surface area contributed by atoms with Crippen molar-refractivity contribution < 1.29 is 19.1 Å². The Hall–Kier alpha value is -1.92. The molecule has 0 amide bonds. The van der Waals surface area contributed by atoms with Gasteiger partial charge in [-0.05, 0) is 35.9 Å². The molecule has 0 saturated carbocycles. The maximum absolute atomic E-state index is 5.73. The van der Waals surface area contributed by atoms with Crippen molar-refractivity contribution in [1.29, 1.82) is 0 Å². The van der Waals surface area contributed by atoms with Gasteiger partial charge in [-0.3, -0.25) is 0 Å². The molecular weight excluding hydrogens is 372 g/mol. The van der Waals surface area contributed by atoms with E-state index in [1.165, 1.54) is 10.5 Å². The molecular formula is C18H20BrN2O3+. The van der Waals surface area contributed by atoms with Gasteiger partial charge in [0.15, 0.2) is 17.7 Å². The van der Waals surface area contributed by atoms with Crippen molar-refractivity contribution in [2.45, 2.75) is 12.6 Å². The average molecular weight is 392 g/mol. The lowest BCUT2D eigenvalue weighted by Gasteiger charge is -2.33. The lowest BCUT2D eigenvalue weighted by molar-refractivity contribution is -0.910. The lowest BCUT2D eigenvalue weighted by Crippen LogP contribution is -3.11. The Kier molecular flexibility index (Phi) is 4.02. The standard InChI is InChI=1S/C18H19BrN2O3/c1-21-8-7-11-9-14-16(24-10-23-14)17(22-2)15(11)18(21)20-13-5-3-12(19)4-6-13/h3-6,9,18,20H,7-8,10H2,1-2H3/p+1/t18-/m0/s1. The third-order valence-corrected chi connectivity index (χ3v) is 5.20. The molecule has 0 radical (unpaired) electrons. The molecule has 0 spiro atoms. The molecule has 2 aromatic carbocycles. The second-order valence-electron chi connectivity index (χ2n) is 6.15. The van der Waals surface area contributed by atoms with E-state index in [9.17, 15) is 0 Å². The highest BCUT2D eigenvalue weighted by molar-refractivity contribution is 9.10. The zero-order valence-electron chi connectivity index (χ0n) is 13.7. The Morgan fingerprint density at radius 2 is 2.04 bits per heavy atom. The third kappa shape index (κ3) is 2.59. The van der Waals surface area contributed by atoms with Crippen LogP contribution in [0.5, 0.6) is 17.2 Å². The van der Waals surface area contributed by atoms with Crippen LogP contribution < -0.4 is 24.4 Å². The summed E-state index contributed by atoms with van der Waals surface area (Å²) in [7, 11) is 3.89. The Labute approximate surface area is 149 Å². The SMILES string of the molecule is COc1c2c(cc3c1[C@@H](Nc1ccc(Br)cc1)[NH+](C)CC3)OCO2. The van der Waals surface area contributed by atoms with Crippen LogP contribution in [0.25, 0.3) is 0 Å². The van der Waals surface area contributed by atoms with E-state index in [0.29, 0.717) is 5.75 Å². The molecule has 126 valence electrons. The van der Waals surface area contributed by atoms with Gasteiger partial charge >= 0.3 is 0 Å². The van der Waals surface area contributed by atoms with Gasteiger partial charge in [-0.25, -0.2) is 0 Å². The van der Waals surface area contributed by atoms with Crippen LogP contribution in [0, 0.1) is 0 Å². The quantitative estimate of drug-likeness (QED) is 0.842. The number of hydrogen-bond donors (Lipinski definition) is 2. The third-order valence-electron chi connectivity index (χ3n) is 4.67. The van der Waals surface area contributed by atoms with E-state index in [-0.39, 0.29) is 13.0 Å². The van der Waals surface area contributed by atoms with Gasteiger partial charge in [0.1, 0.15) is 0 Å². The summed E-state index contributed by atoms with van der Waals surface area (Å²) >= 11 is 3.48. The van der Waals surface area contributed by atoms with E-state index in [4.69, 9.17) is 14.2 Å². The number of ether oxygens (including phenoxy) is 3. The van der Waals surface area contributed by atoms with Crippen LogP contribution in [0.3, 0.4) is 0 Å². The average Bonchev–Trinajstić information content (AvgIpc) is 3.05. The number of rotatable bonds is 3. The number of quaternary nitrogens is 1. The molecule has 0 saturated heterocycles. The maximum atomic E-state index is 5.73. The van der Waals surface area contributed by atoms with Crippen LogP contribution in [-0.4, -0.2) is 27.5 Å². The molecule has 2 aromatic rings. The summed E-state index contributed by atoms with van der Waals surface area (Å²) in [6, 6.07) is 10.3. The molecule has 5 nitrogen and oxygen atoms in total. The van der Waals surface area contributed by atoms with Gasteiger partial charge in [0, 0.05) is 16.6 Å². The summed E-state index contributed by atoms with van der Waals surface area (Å²) in [5.74, 6) is 2.29. The van der Waals surface area contributed by atoms with Crippen LogP contribution in [-0.2, 0) is 6.42 Å². The first-order valence-corrected chi connectivity index (χ1v) is 8.80. The number of hydrogen-bond acceptors (Lipinski definition) is 4. The van der Waals surface area contributed by atoms with Crippen molar-refractivity contribution in [3.63, 3.8) is 0 Å². The van der Waals surface area contributed by atoms with Crippen LogP contribution in [0.2, 0.25) is 0 Å². The van der Waals surface area contributed by atoms with Crippen LogP contribution in [0.1, 0.15) is 17.3 Å². The van der Waals surface area contributed by atoms with E-state index in [0.717, 1.165) is 40.2 Å². The summed E-state index contributed by atoms with van der Waals surface area (Å²) < 4.78 is 18.0. The fraction of sp³-hybridized carbons (Fsp3) is 0.333. The second kappa shape index (κ2) is 6.18. The number of likely N-dealkylation sites (N-methyl/N-ethyl adjacent to an activating group) is 1. The number of halogens is 1. The normalized spacial score (nSPS) is 21.3. The summed E-state index contributed by atoms with van der Waals surface area (Å²) in [4.78, 5) is 1.39. The predicted octanol–water partition coefficient (Wildman–Crippen LogP) is 2.37. The van der Waals surface area contributed by atoms with Crippen molar-refractivity contribution >= 4 is 21.6 Å². The van der Waals surface area contributed by atoms with E-state index < -0.39 is 0 Å². The number of methoxy groups -OCH3 is 1. The highest BCUT2D eigenvalue weighted by atomic mass is 79.9. The molecule has 1 unspecified atom stereocenters. The molecule has 24 heavy (non-hydrogen) atoms. The number of anilines is 1. The molecule has 2 aliphatic rings. The smallest absolute Gasteiger partial charge is 0.231 e. The summed E-state index contributed by atoms with van der Waals surface area (Å²) in [5, 5.41) is 3.65. The van der Waals surface area contributed by atoms with Crippen molar-refractivity contribution in [2.75, 3.05) is 32.8 Å². The Morgan fingerprint density at radius 1 is 1.25 bits per heavy atom. The minimum absolute atomic E-state index is 0.0966. The van der Waals surface area contributed by atoms with Gasteiger partial charge in [-0.1, -0.05) is 15.9 Å². The molecule has 0 aromatic heterocycles. The van der Waals surface area contributed by atoms with Crippen molar-refractivity contribution in [3.05, 3.63) is 45.9 Å². The van der Waals surface area contributed by atoms with Gasteiger partial charge in [0.2, 0.25) is 12.5 Å². The zero-order chi connectivity index (χ0) is 16.7. The van der Waals surface area contributed by atoms with Gasteiger partial charge in [0.25, 0.3) is 0 Å². The molecule has 4 rings (SSSR count). The molecule has 6 heteroatoms. The highest BCUT2D eigenvalue weighted by Gasteiger charge is 2.36. The Bertz CT molecular complexity index is 764. The van der Waals surface area contributed by atoms with Gasteiger partial charge in [-0.15, -0.1) is 0 Å². The molecule has 0 fully saturated rings. The van der Waals surface area contributed by atoms with Crippen LogP contribution in [0.15, 0.2) is 34.8 Å². The van der Waals surface area contributed by atoms with Gasteiger partial charge in [0.05, 0.1) is 26.3 Å².